The topological polar surface area (TPSA) is 69.9 Å². The van der Waals surface area contributed by atoms with Gasteiger partial charge < -0.3 is 20.0 Å². The Labute approximate surface area is 183 Å². The predicted molar refractivity (Wildman–Crippen MR) is 123 cm³/mol. The van der Waals surface area contributed by atoms with Crippen LogP contribution in [0.3, 0.4) is 0 Å². The smallest absolute Gasteiger partial charge is 0.291 e. The van der Waals surface area contributed by atoms with Crippen molar-refractivity contribution in [1.82, 2.24) is 10.2 Å². The van der Waals surface area contributed by atoms with Gasteiger partial charge in [0.15, 0.2) is 11.7 Å². The fraction of sp³-hybridized carbons (Fsp3) is 0.429. The Morgan fingerprint density at radius 2 is 1.96 bits per heavy atom. The summed E-state index contributed by atoms with van der Waals surface area (Å²) < 4.78 is 5.13. The molecule has 6 nitrogen and oxygen atoms in total. The first-order chi connectivity index (χ1) is 13.0. The van der Waals surface area contributed by atoms with E-state index in [1.165, 1.54) is 12.7 Å². The summed E-state index contributed by atoms with van der Waals surface area (Å²) >= 11 is 0. The first-order valence-corrected chi connectivity index (χ1v) is 9.44. The van der Waals surface area contributed by atoms with Crippen molar-refractivity contribution in [3.63, 3.8) is 0 Å². The maximum absolute atomic E-state index is 12.1. The summed E-state index contributed by atoms with van der Waals surface area (Å²) in [6, 6.07) is 11.1. The number of rotatable bonds is 4. The molecule has 2 N–H and O–H groups in total. The summed E-state index contributed by atoms with van der Waals surface area (Å²) in [4.78, 5) is 18.9. The highest BCUT2D eigenvalue weighted by Crippen LogP contribution is 2.21. The minimum absolute atomic E-state index is 0. The number of halogens is 1. The van der Waals surface area contributed by atoms with E-state index in [1.807, 2.05) is 31.3 Å². The number of anilines is 1. The number of nitrogens with zero attached hydrogens (tertiary/aromatic N) is 2. The quantitative estimate of drug-likeness (QED) is 0.378. The van der Waals surface area contributed by atoms with Crippen LogP contribution in [0.2, 0.25) is 0 Å². The number of amides is 1. The first-order valence-electron chi connectivity index (χ1n) is 9.44. The highest BCUT2D eigenvalue weighted by atomic mass is 127. The number of guanidine groups is 1. The lowest BCUT2D eigenvalue weighted by Gasteiger charge is -2.37. The van der Waals surface area contributed by atoms with Crippen LogP contribution in [0.15, 0.2) is 52.1 Å². The fourth-order valence-corrected chi connectivity index (χ4v) is 3.71. The maximum Gasteiger partial charge on any atom is 0.291 e. The number of hydrogen-bond donors (Lipinski definition) is 2. The van der Waals surface area contributed by atoms with Crippen LogP contribution in [-0.4, -0.2) is 36.9 Å². The van der Waals surface area contributed by atoms with Crippen LogP contribution < -0.4 is 10.6 Å². The first kappa shape index (κ1) is 22.3. The second-order valence-corrected chi connectivity index (χ2v) is 7.38. The Bertz CT molecular complexity index is 781. The van der Waals surface area contributed by atoms with Gasteiger partial charge in [-0.1, -0.05) is 26.0 Å². The molecule has 1 aliphatic rings. The molecule has 1 aliphatic heterocycles. The normalized spacial score (nSPS) is 19.7. The number of furan rings is 1. The van der Waals surface area contributed by atoms with Crippen LogP contribution in [0.4, 0.5) is 5.69 Å². The zero-order valence-corrected chi connectivity index (χ0v) is 19.0. The van der Waals surface area contributed by atoms with E-state index in [2.05, 4.69) is 34.4 Å². The highest BCUT2D eigenvalue weighted by molar-refractivity contribution is 14.0. The number of likely N-dealkylation sites (tertiary alicyclic amines) is 1. The van der Waals surface area contributed by atoms with E-state index in [9.17, 15) is 4.79 Å². The van der Waals surface area contributed by atoms with Gasteiger partial charge in [0.2, 0.25) is 0 Å². The van der Waals surface area contributed by atoms with Crippen LogP contribution in [0.1, 0.15) is 36.4 Å². The second kappa shape index (κ2) is 10.5. The zero-order valence-electron chi connectivity index (χ0n) is 16.6. The lowest BCUT2D eigenvalue weighted by atomic mass is 9.92. The van der Waals surface area contributed by atoms with Gasteiger partial charge in [-0.15, -0.1) is 24.0 Å². The minimum Gasteiger partial charge on any atom is -0.459 e. The van der Waals surface area contributed by atoms with Crippen molar-refractivity contribution in [3.05, 3.63) is 54.0 Å². The van der Waals surface area contributed by atoms with Gasteiger partial charge in [0, 0.05) is 32.4 Å². The van der Waals surface area contributed by atoms with Gasteiger partial charge in [-0.25, -0.2) is 0 Å². The van der Waals surface area contributed by atoms with Gasteiger partial charge in [0.05, 0.1) is 6.26 Å². The van der Waals surface area contributed by atoms with Gasteiger partial charge in [0.25, 0.3) is 5.91 Å². The van der Waals surface area contributed by atoms with Crippen molar-refractivity contribution in [1.29, 1.82) is 0 Å². The molecule has 1 saturated heterocycles. The fourth-order valence-electron chi connectivity index (χ4n) is 3.71. The summed E-state index contributed by atoms with van der Waals surface area (Å²) in [5.41, 5.74) is 1.82. The summed E-state index contributed by atoms with van der Waals surface area (Å²) in [6.45, 7) is 7.30. The molecule has 0 bridgehead atoms. The largest absolute Gasteiger partial charge is 0.459 e. The molecule has 152 valence electrons. The minimum atomic E-state index is -0.253. The van der Waals surface area contributed by atoms with Crippen LogP contribution in [0.5, 0.6) is 0 Å². The standard InChI is InChI=1S/C21H28N4O2.HI/c1-15-10-16(2)14-25(13-15)21(22-3)23-12-17-6-4-7-18(11-17)24-20(26)19-8-5-9-27-19;/h4-9,11,15-16H,10,12-14H2,1-3H3,(H,22,23)(H,24,26);1H. The summed E-state index contributed by atoms with van der Waals surface area (Å²) in [5, 5.41) is 6.31. The number of carbonyl (C=O) groups is 1. The molecule has 3 rings (SSSR count). The highest BCUT2D eigenvalue weighted by Gasteiger charge is 2.23. The summed E-state index contributed by atoms with van der Waals surface area (Å²) in [7, 11) is 1.83. The number of benzene rings is 1. The van der Waals surface area contributed by atoms with Crippen molar-refractivity contribution >= 4 is 41.5 Å². The Morgan fingerprint density at radius 1 is 1.21 bits per heavy atom. The van der Waals surface area contributed by atoms with Crippen molar-refractivity contribution in [3.8, 4) is 0 Å². The van der Waals surface area contributed by atoms with Crippen LogP contribution in [-0.2, 0) is 6.54 Å². The summed E-state index contributed by atoms with van der Waals surface area (Å²) in [6.07, 6.45) is 2.76. The number of hydrogen-bond acceptors (Lipinski definition) is 3. The molecule has 28 heavy (non-hydrogen) atoms. The molecule has 0 saturated carbocycles. The van der Waals surface area contributed by atoms with Crippen LogP contribution in [0, 0.1) is 11.8 Å². The van der Waals surface area contributed by atoms with E-state index >= 15 is 0 Å². The van der Waals surface area contributed by atoms with Crippen LogP contribution >= 0.6 is 24.0 Å². The molecule has 1 aromatic heterocycles. The van der Waals surface area contributed by atoms with Gasteiger partial charge in [-0.2, -0.15) is 0 Å². The monoisotopic (exact) mass is 496 g/mol. The van der Waals surface area contributed by atoms with E-state index in [0.717, 1.165) is 30.3 Å². The average molecular weight is 496 g/mol. The lowest BCUT2D eigenvalue weighted by molar-refractivity contribution is 0.0996. The number of piperidine rings is 1. The molecule has 2 atom stereocenters. The third kappa shape index (κ3) is 5.98. The van der Waals surface area contributed by atoms with Gasteiger partial charge in [-0.05, 0) is 48.1 Å². The summed E-state index contributed by atoms with van der Waals surface area (Å²) in [5.74, 6) is 2.32. The van der Waals surface area contributed by atoms with Crippen molar-refractivity contribution < 1.29 is 9.21 Å². The van der Waals surface area contributed by atoms with Gasteiger partial charge in [-0.3, -0.25) is 9.79 Å². The Hall–Kier alpha value is -2.03. The predicted octanol–water partition coefficient (Wildman–Crippen LogP) is 4.20. The van der Waals surface area contributed by atoms with E-state index in [4.69, 9.17) is 4.42 Å². The molecular formula is C21H29IN4O2. The Kier molecular flexibility index (Phi) is 8.35. The molecule has 1 aromatic carbocycles. The van der Waals surface area contributed by atoms with Crippen molar-refractivity contribution in [2.75, 3.05) is 25.5 Å². The molecule has 1 amide bonds. The van der Waals surface area contributed by atoms with E-state index in [1.54, 1.807) is 12.1 Å². The molecule has 0 spiro atoms. The molecule has 2 unspecified atom stereocenters. The molecular weight excluding hydrogens is 467 g/mol. The Balaban J connectivity index is 0.00000280. The zero-order chi connectivity index (χ0) is 19.2. The van der Waals surface area contributed by atoms with Gasteiger partial charge in [0.1, 0.15) is 0 Å². The molecule has 2 aromatic rings. The molecule has 0 radical (unpaired) electrons. The molecule has 7 heteroatoms. The van der Waals surface area contributed by atoms with Crippen molar-refractivity contribution in [2.24, 2.45) is 16.8 Å². The third-order valence-electron chi connectivity index (χ3n) is 4.76. The average Bonchev–Trinajstić information content (AvgIpc) is 3.17. The van der Waals surface area contributed by atoms with E-state index in [-0.39, 0.29) is 29.9 Å². The molecule has 1 fully saturated rings. The number of carbonyl (C=O) groups excluding carboxylic acids is 1. The number of nitrogens with one attached hydrogen (secondary N) is 2. The van der Waals surface area contributed by atoms with E-state index in [0.29, 0.717) is 24.1 Å². The maximum atomic E-state index is 12.1. The SMILES string of the molecule is CN=C(NCc1cccc(NC(=O)c2ccco2)c1)N1CC(C)CC(C)C1.I. The third-order valence-corrected chi connectivity index (χ3v) is 4.76. The lowest BCUT2D eigenvalue weighted by Crippen LogP contribution is -2.48. The Morgan fingerprint density at radius 3 is 2.61 bits per heavy atom. The number of aliphatic imine (C=N–C) groups is 1. The molecule has 2 heterocycles. The van der Waals surface area contributed by atoms with Gasteiger partial charge >= 0.3 is 0 Å². The second-order valence-electron chi connectivity index (χ2n) is 7.38. The van der Waals surface area contributed by atoms with E-state index < -0.39 is 0 Å². The van der Waals surface area contributed by atoms with Crippen LogP contribution in [0.25, 0.3) is 0 Å². The molecule has 0 aliphatic carbocycles. The van der Waals surface area contributed by atoms with Crippen molar-refractivity contribution in [2.45, 2.75) is 26.8 Å².